The van der Waals surface area contributed by atoms with Gasteiger partial charge >= 0.3 is 0 Å². The fraction of sp³-hybridized carbons (Fsp3) is 0.214. The van der Waals surface area contributed by atoms with Crippen LogP contribution in [0.1, 0.15) is 24.4 Å². The highest BCUT2D eigenvalue weighted by molar-refractivity contribution is 5.85. The lowest BCUT2D eigenvalue weighted by molar-refractivity contribution is 0.756. The van der Waals surface area contributed by atoms with Crippen molar-refractivity contribution in [2.75, 3.05) is 0 Å². The number of aromatic amines is 2. The summed E-state index contributed by atoms with van der Waals surface area (Å²) in [4.78, 5) is 10.9. The van der Waals surface area contributed by atoms with Crippen molar-refractivity contribution in [1.82, 2.24) is 15.0 Å². The lowest BCUT2D eigenvalue weighted by Crippen LogP contribution is -2.06. The number of benzene rings is 1. The number of aromatic nitrogens is 3. The molecule has 1 aromatic carbocycles. The average molecular weight is 240 g/mol. The Labute approximate surface area is 105 Å². The normalized spacial score (nSPS) is 13.1. The molecule has 4 nitrogen and oxygen atoms in total. The van der Waals surface area contributed by atoms with Crippen molar-refractivity contribution < 1.29 is 0 Å². The first-order valence-corrected chi connectivity index (χ1v) is 6.04. The fourth-order valence-electron chi connectivity index (χ4n) is 2.10. The molecule has 18 heavy (non-hydrogen) atoms. The average Bonchev–Trinajstić information content (AvgIpc) is 2.93. The molecule has 0 aliphatic heterocycles. The monoisotopic (exact) mass is 240 g/mol. The number of nitrogens with two attached hydrogens (primary N) is 1. The molecule has 3 rings (SSSR count). The van der Waals surface area contributed by atoms with Crippen LogP contribution in [0.25, 0.3) is 22.3 Å². The minimum absolute atomic E-state index is 0.0784. The van der Waals surface area contributed by atoms with Crippen LogP contribution in [0.4, 0.5) is 0 Å². The van der Waals surface area contributed by atoms with Gasteiger partial charge in [-0.25, -0.2) is 4.98 Å². The quantitative estimate of drug-likeness (QED) is 0.644. The maximum Gasteiger partial charge on any atom is 0.123 e. The third kappa shape index (κ3) is 1.80. The Kier molecular flexibility index (Phi) is 2.45. The Morgan fingerprint density at radius 1 is 1.17 bits per heavy atom. The van der Waals surface area contributed by atoms with Crippen molar-refractivity contribution in [2.45, 2.75) is 19.9 Å². The highest BCUT2D eigenvalue weighted by atomic mass is 15.0. The molecule has 4 N–H and O–H groups in total. The summed E-state index contributed by atoms with van der Waals surface area (Å²) in [6, 6.07) is 8.41. The predicted octanol–water partition coefficient (Wildman–Crippen LogP) is 2.89. The molecule has 1 unspecified atom stereocenters. The molecule has 0 spiro atoms. The van der Waals surface area contributed by atoms with Crippen molar-refractivity contribution in [2.24, 2.45) is 5.73 Å². The van der Waals surface area contributed by atoms with Crippen LogP contribution < -0.4 is 5.73 Å². The van der Waals surface area contributed by atoms with E-state index in [1.54, 1.807) is 0 Å². The molecule has 3 aromatic rings. The first kappa shape index (κ1) is 11.0. The highest BCUT2D eigenvalue weighted by Gasteiger charge is 2.08. The molecule has 0 fully saturated rings. The number of hydrogen-bond acceptors (Lipinski definition) is 2. The number of hydrogen-bond donors (Lipinski definition) is 3. The maximum atomic E-state index is 5.80. The molecule has 0 aliphatic rings. The summed E-state index contributed by atoms with van der Waals surface area (Å²) < 4.78 is 0. The first-order valence-electron chi connectivity index (χ1n) is 6.04. The Bertz CT molecular complexity index is 691. The van der Waals surface area contributed by atoms with Crippen molar-refractivity contribution in [1.29, 1.82) is 0 Å². The van der Waals surface area contributed by atoms with E-state index in [9.17, 15) is 0 Å². The van der Waals surface area contributed by atoms with E-state index in [0.29, 0.717) is 0 Å². The van der Waals surface area contributed by atoms with Crippen LogP contribution in [0.3, 0.4) is 0 Å². The van der Waals surface area contributed by atoms with Gasteiger partial charge in [0.15, 0.2) is 0 Å². The van der Waals surface area contributed by atoms with Gasteiger partial charge in [0.1, 0.15) is 5.82 Å². The van der Waals surface area contributed by atoms with Crippen molar-refractivity contribution in [3.63, 3.8) is 0 Å². The molecule has 0 saturated heterocycles. The summed E-state index contributed by atoms with van der Waals surface area (Å²) in [5, 5.41) is 1.21. The van der Waals surface area contributed by atoms with Gasteiger partial charge in [0.05, 0.1) is 23.6 Å². The van der Waals surface area contributed by atoms with Crippen LogP contribution in [0.2, 0.25) is 0 Å². The van der Waals surface area contributed by atoms with E-state index in [1.165, 1.54) is 10.9 Å². The SMILES string of the molecule is Cc1ccc2[nH]c(-c3cnc(C(C)N)[nH]3)cc2c1. The summed E-state index contributed by atoms with van der Waals surface area (Å²) in [5.74, 6) is 0.805. The van der Waals surface area contributed by atoms with Gasteiger partial charge in [0.25, 0.3) is 0 Å². The molecule has 0 amide bonds. The fourth-order valence-corrected chi connectivity index (χ4v) is 2.10. The molecule has 0 bridgehead atoms. The second-order valence-electron chi connectivity index (χ2n) is 4.74. The minimum Gasteiger partial charge on any atom is -0.353 e. The lowest BCUT2D eigenvalue weighted by atomic mass is 10.2. The molecule has 0 saturated carbocycles. The summed E-state index contributed by atoms with van der Waals surface area (Å²) >= 11 is 0. The van der Waals surface area contributed by atoms with Crippen LogP contribution in [-0.4, -0.2) is 15.0 Å². The molecule has 1 atom stereocenters. The molecule has 0 radical (unpaired) electrons. The zero-order valence-electron chi connectivity index (χ0n) is 10.5. The van der Waals surface area contributed by atoms with E-state index in [4.69, 9.17) is 5.73 Å². The van der Waals surface area contributed by atoms with Crippen LogP contribution in [0.5, 0.6) is 0 Å². The standard InChI is InChI=1S/C14H16N4/c1-8-3-4-11-10(5-8)6-12(17-11)13-7-16-14(18-13)9(2)15/h3-7,9,17H,15H2,1-2H3,(H,16,18). The number of nitrogens with one attached hydrogen (secondary N) is 2. The molecular weight excluding hydrogens is 224 g/mol. The maximum absolute atomic E-state index is 5.80. The van der Waals surface area contributed by atoms with Gasteiger partial charge in [-0.1, -0.05) is 11.6 Å². The minimum atomic E-state index is -0.0784. The summed E-state index contributed by atoms with van der Waals surface area (Å²) in [5.41, 5.74) is 10.2. The van der Waals surface area contributed by atoms with Gasteiger partial charge in [-0.3, -0.25) is 0 Å². The smallest absolute Gasteiger partial charge is 0.123 e. The van der Waals surface area contributed by atoms with Crippen LogP contribution in [-0.2, 0) is 0 Å². The second-order valence-corrected chi connectivity index (χ2v) is 4.74. The van der Waals surface area contributed by atoms with E-state index >= 15 is 0 Å². The van der Waals surface area contributed by atoms with Crippen LogP contribution in [0.15, 0.2) is 30.5 Å². The van der Waals surface area contributed by atoms with Gasteiger partial charge in [-0.15, -0.1) is 0 Å². The van der Waals surface area contributed by atoms with E-state index in [0.717, 1.165) is 22.7 Å². The summed E-state index contributed by atoms with van der Waals surface area (Å²) in [6.45, 7) is 4.01. The Morgan fingerprint density at radius 3 is 2.72 bits per heavy atom. The van der Waals surface area contributed by atoms with Gasteiger partial charge in [-0.05, 0) is 32.0 Å². The second kappa shape index (κ2) is 3.99. The molecule has 2 heterocycles. The number of H-pyrrole nitrogens is 2. The van der Waals surface area contributed by atoms with Crippen molar-refractivity contribution >= 4 is 10.9 Å². The van der Waals surface area contributed by atoms with E-state index in [-0.39, 0.29) is 6.04 Å². The van der Waals surface area contributed by atoms with Crippen LogP contribution >= 0.6 is 0 Å². The zero-order chi connectivity index (χ0) is 12.7. The third-order valence-corrected chi connectivity index (χ3v) is 3.09. The van der Waals surface area contributed by atoms with Gasteiger partial charge in [0.2, 0.25) is 0 Å². The number of aryl methyl sites for hydroxylation is 1. The molecule has 2 aromatic heterocycles. The molecular formula is C14H16N4. The highest BCUT2D eigenvalue weighted by Crippen LogP contribution is 2.24. The van der Waals surface area contributed by atoms with E-state index in [1.807, 2.05) is 13.1 Å². The number of imidazole rings is 1. The Morgan fingerprint density at radius 2 is 2.00 bits per heavy atom. The summed E-state index contributed by atoms with van der Waals surface area (Å²) in [7, 11) is 0. The zero-order valence-corrected chi connectivity index (χ0v) is 10.5. The van der Waals surface area contributed by atoms with Crippen molar-refractivity contribution in [3.8, 4) is 11.4 Å². The van der Waals surface area contributed by atoms with Gasteiger partial charge in [0, 0.05) is 10.9 Å². The number of fused-ring (bicyclic) bond motifs is 1. The lowest BCUT2D eigenvalue weighted by Gasteiger charge is -1.98. The molecule has 4 heteroatoms. The van der Waals surface area contributed by atoms with Gasteiger partial charge in [-0.2, -0.15) is 0 Å². The predicted molar refractivity (Wildman–Crippen MR) is 73.2 cm³/mol. The molecule has 92 valence electrons. The van der Waals surface area contributed by atoms with E-state index in [2.05, 4.69) is 46.1 Å². The third-order valence-electron chi connectivity index (χ3n) is 3.09. The number of nitrogens with zero attached hydrogens (tertiary/aromatic N) is 1. The summed E-state index contributed by atoms with van der Waals surface area (Å²) in [6.07, 6.45) is 1.82. The van der Waals surface area contributed by atoms with Crippen LogP contribution in [0, 0.1) is 6.92 Å². The Balaban J connectivity index is 2.07. The first-order chi connectivity index (χ1) is 8.63. The van der Waals surface area contributed by atoms with Gasteiger partial charge < -0.3 is 15.7 Å². The topological polar surface area (TPSA) is 70.5 Å². The largest absolute Gasteiger partial charge is 0.353 e. The van der Waals surface area contributed by atoms with E-state index < -0.39 is 0 Å². The molecule has 0 aliphatic carbocycles. The number of rotatable bonds is 2. The Hall–Kier alpha value is -2.07. The van der Waals surface area contributed by atoms with Crippen molar-refractivity contribution in [3.05, 3.63) is 41.9 Å².